The van der Waals surface area contributed by atoms with Gasteiger partial charge in [-0.1, -0.05) is 30.3 Å². The third-order valence-electron chi connectivity index (χ3n) is 3.11. The summed E-state index contributed by atoms with van der Waals surface area (Å²) >= 11 is 0. The summed E-state index contributed by atoms with van der Waals surface area (Å²) in [6.07, 6.45) is 0.731. The minimum Gasteiger partial charge on any atom is -0.493 e. The molecular formula is C14H17N3O3. The van der Waals surface area contributed by atoms with Crippen molar-refractivity contribution in [1.29, 1.82) is 0 Å². The number of imidazole rings is 1. The Morgan fingerprint density at radius 3 is 2.55 bits per heavy atom. The second-order valence-corrected chi connectivity index (χ2v) is 4.63. The van der Waals surface area contributed by atoms with E-state index in [2.05, 4.69) is 9.97 Å². The second-order valence-electron chi connectivity index (χ2n) is 4.63. The van der Waals surface area contributed by atoms with Crippen LogP contribution in [0.1, 0.15) is 11.3 Å². The smallest absolute Gasteiger partial charge is 0.325 e. The molecule has 0 saturated heterocycles. The Hall–Kier alpha value is -2.50. The van der Waals surface area contributed by atoms with Crippen molar-refractivity contribution in [2.24, 2.45) is 0 Å². The first-order chi connectivity index (χ1) is 9.56. The number of carbonyl (C=O) groups excluding carboxylic acids is 1. The molecule has 0 spiro atoms. The number of nitrogens with zero attached hydrogens (tertiary/aromatic N) is 1. The van der Waals surface area contributed by atoms with Gasteiger partial charge in [0, 0.05) is 13.6 Å². The maximum atomic E-state index is 12.0. The maximum absolute atomic E-state index is 12.0. The summed E-state index contributed by atoms with van der Waals surface area (Å²) in [7, 11) is 1.70. The van der Waals surface area contributed by atoms with Crippen LogP contribution in [0.2, 0.25) is 0 Å². The molecule has 0 bridgehead atoms. The molecule has 1 heterocycles. The molecule has 0 saturated carbocycles. The van der Waals surface area contributed by atoms with E-state index in [0.717, 1.165) is 12.0 Å². The fraction of sp³-hybridized carbons (Fsp3) is 0.286. The number of aromatic hydroxyl groups is 1. The van der Waals surface area contributed by atoms with Gasteiger partial charge in [0.15, 0.2) is 0 Å². The number of carbonyl (C=O) groups is 1. The van der Waals surface area contributed by atoms with Crippen LogP contribution < -0.4 is 5.69 Å². The van der Waals surface area contributed by atoms with Crippen LogP contribution in [0.5, 0.6) is 5.88 Å². The number of aromatic nitrogens is 2. The molecule has 0 aliphatic carbocycles. The minimum absolute atomic E-state index is 0.0319. The van der Waals surface area contributed by atoms with Crippen LogP contribution in [0.3, 0.4) is 0 Å². The highest BCUT2D eigenvalue weighted by Crippen LogP contribution is 2.09. The molecule has 20 heavy (non-hydrogen) atoms. The lowest BCUT2D eigenvalue weighted by Gasteiger charge is -2.16. The Morgan fingerprint density at radius 1 is 1.25 bits per heavy atom. The van der Waals surface area contributed by atoms with Gasteiger partial charge in [-0.3, -0.25) is 9.78 Å². The first kappa shape index (κ1) is 13.9. The molecule has 0 atom stereocenters. The molecule has 0 radical (unpaired) electrons. The minimum atomic E-state index is -0.516. The van der Waals surface area contributed by atoms with E-state index in [1.165, 1.54) is 0 Å². The molecule has 2 rings (SSSR count). The summed E-state index contributed by atoms with van der Waals surface area (Å²) < 4.78 is 0. The van der Waals surface area contributed by atoms with Gasteiger partial charge in [-0.2, -0.15) is 0 Å². The van der Waals surface area contributed by atoms with Crippen molar-refractivity contribution >= 4 is 5.91 Å². The average molecular weight is 275 g/mol. The molecule has 1 aromatic carbocycles. The molecule has 1 aromatic heterocycles. The topological polar surface area (TPSA) is 89.2 Å². The monoisotopic (exact) mass is 275 g/mol. The van der Waals surface area contributed by atoms with E-state index in [0.29, 0.717) is 6.54 Å². The number of aromatic amines is 2. The lowest BCUT2D eigenvalue weighted by molar-refractivity contribution is -0.129. The summed E-state index contributed by atoms with van der Waals surface area (Å²) in [5.74, 6) is -0.439. The summed E-state index contributed by atoms with van der Waals surface area (Å²) in [6, 6.07) is 9.88. The van der Waals surface area contributed by atoms with E-state index in [9.17, 15) is 14.7 Å². The molecule has 2 aromatic rings. The van der Waals surface area contributed by atoms with Crippen LogP contribution in [0.25, 0.3) is 0 Å². The number of rotatable bonds is 5. The van der Waals surface area contributed by atoms with Crippen LogP contribution in [0.4, 0.5) is 0 Å². The zero-order valence-electron chi connectivity index (χ0n) is 11.2. The SMILES string of the molecule is CN(CCc1ccccc1)C(=O)Cc1[nH]c(=O)[nH]c1O. The Bertz CT molecular complexity index is 631. The number of hydrogen-bond donors (Lipinski definition) is 3. The highest BCUT2D eigenvalue weighted by molar-refractivity contribution is 5.78. The highest BCUT2D eigenvalue weighted by atomic mass is 16.3. The van der Waals surface area contributed by atoms with E-state index in [1.807, 2.05) is 30.3 Å². The molecule has 1 amide bonds. The molecule has 0 unspecified atom stereocenters. The van der Waals surface area contributed by atoms with Crippen LogP contribution >= 0.6 is 0 Å². The standard InChI is InChI=1S/C14H17N3O3/c1-17(8-7-10-5-3-2-4-6-10)12(18)9-11-13(19)16-14(20)15-11/h2-6,19H,7-9H2,1H3,(H2,15,16,20). The zero-order valence-corrected chi connectivity index (χ0v) is 11.2. The molecule has 6 heteroatoms. The molecule has 0 aliphatic heterocycles. The number of amides is 1. The number of H-pyrrole nitrogens is 2. The van der Waals surface area contributed by atoms with Crippen molar-refractivity contribution in [2.75, 3.05) is 13.6 Å². The van der Waals surface area contributed by atoms with Gasteiger partial charge in [-0.15, -0.1) is 0 Å². The van der Waals surface area contributed by atoms with Crippen molar-refractivity contribution in [1.82, 2.24) is 14.9 Å². The van der Waals surface area contributed by atoms with Crippen LogP contribution in [-0.4, -0.2) is 39.5 Å². The largest absolute Gasteiger partial charge is 0.493 e. The van der Waals surface area contributed by atoms with E-state index < -0.39 is 5.69 Å². The van der Waals surface area contributed by atoms with Gasteiger partial charge in [0.25, 0.3) is 0 Å². The fourth-order valence-electron chi connectivity index (χ4n) is 1.89. The number of likely N-dealkylation sites (N-methyl/N-ethyl adjacent to an activating group) is 1. The second kappa shape index (κ2) is 6.10. The Kier molecular flexibility index (Phi) is 4.24. The summed E-state index contributed by atoms with van der Waals surface area (Å²) in [5.41, 5.74) is 0.855. The van der Waals surface area contributed by atoms with Gasteiger partial charge in [-0.05, 0) is 12.0 Å². The Balaban J connectivity index is 1.89. The first-order valence-electron chi connectivity index (χ1n) is 6.34. The molecule has 106 valence electrons. The Morgan fingerprint density at radius 2 is 1.95 bits per heavy atom. The van der Waals surface area contributed by atoms with E-state index >= 15 is 0 Å². The van der Waals surface area contributed by atoms with Crippen molar-refractivity contribution in [3.05, 3.63) is 52.1 Å². The predicted octanol–water partition coefficient (Wildman–Crippen LogP) is 0.652. The lowest BCUT2D eigenvalue weighted by atomic mass is 10.1. The molecule has 0 aliphatic rings. The Labute approximate surface area is 116 Å². The van der Waals surface area contributed by atoms with Gasteiger partial charge in [0.1, 0.15) is 0 Å². The van der Waals surface area contributed by atoms with Crippen molar-refractivity contribution in [3.63, 3.8) is 0 Å². The molecule has 6 nitrogen and oxygen atoms in total. The van der Waals surface area contributed by atoms with E-state index in [1.54, 1.807) is 11.9 Å². The third-order valence-corrected chi connectivity index (χ3v) is 3.11. The third kappa shape index (κ3) is 3.50. The lowest BCUT2D eigenvalue weighted by Crippen LogP contribution is -2.30. The summed E-state index contributed by atoms with van der Waals surface area (Å²) in [5, 5.41) is 9.41. The number of benzene rings is 1. The van der Waals surface area contributed by atoms with E-state index in [-0.39, 0.29) is 23.9 Å². The summed E-state index contributed by atoms with van der Waals surface area (Å²) in [4.78, 5) is 29.1. The van der Waals surface area contributed by atoms with Gasteiger partial charge >= 0.3 is 5.69 Å². The van der Waals surface area contributed by atoms with E-state index in [4.69, 9.17) is 0 Å². The molecule has 3 N–H and O–H groups in total. The van der Waals surface area contributed by atoms with Gasteiger partial charge in [-0.25, -0.2) is 4.79 Å². The van der Waals surface area contributed by atoms with Crippen LogP contribution in [-0.2, 0) is 17.6 Å². The zero-order chi connectivity index (χ0) is 14.5. The predicted molar refractivity (Wildman–Crippen MR) is 74.6 cm³/mol. The normalized spacial score (nSPS) is 10.4. The molecule has 0 fully saturated rings. The molecular weight excluding hydrogens is 258 g/mol. The van der Waals surface area contributed by atoms with Crippen molar-refractivity contribution in [2.45, 2.75) is 12.8 Å². The van der Waals surface area contributed by atoms with Gasteiger partial charge in [0.05, 0.1) is 12.1 Å². The summed E-state index contributed by atoms with van der Waals surface area (Å²) in [6.45, 7) is 0.582. The van der Waals surface area contributed by atoms with Crippen molar-refractivity contribution in [3.8, 4) is 5.88 Å². The number of nitrogens with one attached hydrogen (secondary N) is 2. The fourth-order valence-corrected chi connectivity index (χ4v) is 1.89. The maximum Gasteiger partial charge on any atom is 0.325 e. The van der Waals surface area contributed by atoms with Crippen molar-refractivity contribution < 1.29 is 9.90 Å². The highest BCUT2D eigenvalue weighted by Gasteiger charge is 2.14. The number of hydrogen-bond acceptors (Lipinski definition) is 3. The van der Waals surface area contributed by atoms with Crippen LogP contribution in [0, 0.1) is 0 Å². The van der Waals surface area contributed by atoms with Gasteiger partial charge < -0.3 is 15.0 Å². The average Bonchev–Trinajstić information content (AvgIpc) is 2.75. The van der Waals surface area contributed by atoms with Gasteiger partial charge in [0.2, 0.25) is 11.8 Å². The quantitative estimate of drug-likeness (QED) is 0.748. The first-order valence-corrected chi connectivity index (χ1v) is 6.34. The van der Waals surface area contributed by atoms with Crippen LogP contribution in [0.15, 0.2) is 35.1 Å².